The summed E-state index contributed by atoms with van der Waals surface area (Å²) in [7, 11) is 0. The van der Waals surface area contributed by atoms with Gasteiger partial charge in [-0.1, -0.05) is 13.8 Å². The second-order valence-corrected chi connectivity index (χ2v) is 7.14. The van der Waals surface area contributed by atoms with E-state index in [1.165, 1.54) is 6.42 Å². The van der Waals surface area contributed by atoms with E-state index >= 15 is 0 Å². The summed E-state index contributed by atoms with van der Waals surface area (Å²) in [5, 5.41) is 4.09. The van der Waals surface area contributed by atoms with Crippen LogP contribution in [-0.4, -0.2) is 5.97 Å². The lowest BCUT2D eigenvalue weighted by atomic mass is 9.76. The van der Waals surface area contributed by atoms with Gasteiger partial charge < -0.3 is 4.74 Å². The molecule has 0 spiro atoms. The number of thiophene rings is 1. The molecular weight excluding hydrogens is 256 g/mol. The van der Waals surface area contributed by atoms with Crippen molar-refractivity contribution in [1.82, 2.24) is 0 Å². The van der Waals surface area contributed by atoms with Crippen molar-refractivity contribution in [1.29, 1.82) is 0 Å². The highest BCUT2D eigenvalue weighted by Crippen LogP contribution is 2.55. The molecule has 0 saturated heterocycles. The van der Waals surface area contributed by atoms with Crippen molar-refractivity contribution in [3.05, 3.63) is 22.4 Å². The van der Waals surface area contributed by atoms with Gasteiger partial charge in [0.1, 0.15) is 6.10 Å². The second kappa shape index (κ2) is 4.93. The SMILES string of the molecule is CC(OC(=O)C1CC2CC1C(C)C2C)c1ccsc1. The lowest BCUT2D eigenvalue weighted by molar-refractivity contribution is -0.156. The first-order chi connectivity index (χ1) is 9.08. The van der Waals surface area contributed by atoms with Gasteiger partial charge in [-0.2, -0.15) is 11.3 Å². The van der Waals surface area contributed by atoms with E-state index in [0.717, 1.165) is 23.8 Å². The number of hydrogen-bond acceptors (Lipinski definition) is 3. The van der Waals surface area contributed by atoms with Gasteiger partial charge in [-0.3, -0.25) is 4.79 Å². The van der Waals surface area contributed by atoms with Gasteiger partial charge in [-0.05, 0) is 60.3 Å². The lowest BCUT2D eigenvalue weighted by Gasteiger charge is -2.31. The van der Waals surface area contributed by atoms with Gasteiger partial charge in [0.15, 0.2) is 0 Å². The Bertz CT molecular complexity index is 451. The molecule has 2 fully saturated rings. The van der Waals surface area contributed by atoms with Gasteiger partial charge in [0.25, 0.3) is 0 Å². The Balaban J connectivity index is 1.63. The second-order valence-electron chi connectivity index (χ2n) is 6.36. The molecule has 0 amide bonds. The largest absolute Gasteiger partial charge is 0.458 e. The molecule has 19 heavy (non-hydrogen) atoms. The predicted octanol–water partition coefficient (Wildman–Crippen LogP) is 4.28. The number of carbonyl (C=O) groups is 1. The van der Waals surface area contributed by atoms with Gasteiger partial charge in [0, 0.05) is 5.56 Å². The molecule has 3 heteroatoms. The Kier molecular flexibility index (Phi) is 3.42. The molecule has 1 aromatic heterocycles. The molecular formula is C16H22O2S. The number of ether oxygens (including phenoxy) is 1. The van der Waals surface area contributed by atoms with E-state index in [-0.39, 0.29) is 18.0 Å². The van der Waals surface area contributed by atoms with E-state index in [9.17, 15) is 4.79 Å². The Labute approximate surface area is 119 Å². The van der Waals surface area contributed by atoms with Gasteiger partial charge in [0.05, 0.1) is 5.92 Å². The molecule has 0 aliphatic heterocycles. The van der Waals surface area contributed by atoms with Crippen LogP contribution in [-0.2, 0) is 9.53 Å². The van der Waals surface area contributed by atoms with Gasteiger partial charge in [0.2, 0.25) is 0 Å². The molecule has 3 rings (SSSR count). The highest BCUT2D eigenvalue weighted by molar-refractivity contribution is 7.07. The molecule has 2 aliphatic carbocycles. The highest BCUT2D eigenvalue weighted by Gasteiger charge is 2.51. The van der Waals surface area contributed by atoms with Gasteiger partial charge in [-0.25, -0.2) is 0 Å². The summed E-state index contributed by atoms with van der Waals surface area (Å²) in [4.78, 5) is 12.4. The van der Waals surface area contributed by atoms with E-state index in [1.807, 2.05) is 18.4 Å². The van der Waals surface area contributed by atoms with Crippen LogP contribution >= 0.6 is 11.3 Å². The monoisotopic (exact) mass is 278 g/mol. The minimum Gasteiger partial charge on any atom is -0.458 e. The maximum atomic E-state index is 12.4. The van der Waals surface area contributed by atoms with E-state index in [2.05, 4.69) is 19.2 Å². The number of hydrogen-bond donors (Lipinski definition) is 0. The molecule has 2 aliphatic rings. The first-order valence-corrected chi connectivity index (χ1v) is 8.24. The number of esters is 1. The molecule has 0 aromatic carbocycles. The minimum atomic E-state index is -0.106. The zero-order valence-corrected chi connectivity index (χ0v) is 12.7. The summed E-state index contributed by atoms with van der Waals surface area (Å²) in [5.74, 6) is 2.94. The fraction of sp³-hybridized carbons (Fsp3) is 0.688. The fourth-order valence-corrected chi connectivity index (χ4v) is 4.79. The third-order valence-electron chi connectivity index (χ3n) is 5.50. The van der Waals surface area contributed by atoms with Crippen molar-refractivity contribution in [2.75, 3.05) is 0 Å². The van der Waals surface area contributed by atoms with Crippen LogP contribution < -0.4 is 0 Å². The maximum Gasteiger partial charge on any atom is 0.309 e. The standard InChI is InChI=1S/C16H22O2S/c1-9-10(2)14-6-13(9)7-15(14)16(17)18-11(3)12-4-5-19-8-12/h4-5,8-11,13-15H,6-7H2,1-3H3. The summed E-state index contributed by atoms with van der Waals surface area (Å²) in [6.45, 7) is 6.61. The van der Waals surface area contributed by atoms with Crippen molar-refractivity contribution in [3.8, 4) is 0 Å². The fourth-order valence-electron chi connectivity index (χ4n) is 4.05. The van der Waals surface area contributed by atoms with E-state index in [1.54, 1.807) is 11.3 Å². The number of fused-ring (bicyclic) bond motifs is 2. The average molecular weight is 278 g/mol. The Morgan fingerprint density at radius 1 is 1.37 bits per heavy atom. The van der Waals surface area contributed by atoms with Crippen LogP contribution in [0.3, 0.4) is 0 Å². The van der Waals surface area contributed by atoms with Gasteiger partial charge in [-0.15, -0.1) is 0 Å². The van der Waals surface area contributed by atoms with Crippen LogP contribution in [0.4, 0.5) is 0 Å². The van der Waals surface area contributed by atoms with Crippen molar-refractivity contribution in [2.24, 2.45) is 29.6 Å². The molecule has 6 atom stereocenters. The summed E-state index contributed by atoms with van der Waals surface area (Å²) in [5.41, 5.74) is 1.11. The topological polar surface area (TPSA) is 26.3 Å². The Hall–Kier alpha value is -0.830. The third-order valence-corrected chi connectivity index (χ3v) is 6.21. The first-order valence-electron chi connectivity index (χ1n) is 7.30. The maximum absolute atomic E-state index is 12.4. The lowest BCUT2D eigenvalue weighted by Crippen LogP contribution is -2.31. The summed E-state index contributed by atoms with van der Waals surface area (Å²) >= 11 is 1.65. The molecule has 1 heterocycles. The Morgan fingerprint density at radius 2 is 2.16 bits per heavy atom. The number of rotatable bonds is 3. The normalized spacial score (nSPS) is 38.4. The summed E-state index contributed by atoms with van der Waals surface area (Å²) in [6.07, 6.45) is 2.17. The van der Waals surface area contributed by atoms with Crippen LogP contribution in [0.5, 0.6) is 0 Å². The quantitative estimate of drug-likeness (QED) is 0.771. The average Bonchev–Trinajstić information content (AvgIpc) is 3.08. The predicted molar refractivity (Wildman–Crippen MR) is 76.9 cm³/mol. The molecule has 2 nitrogen and oxygen atoms in total. The third kappa shape index (κ3) is 2.22. The van der Waals surface area contributed by atoms with Gasteiger partial charge >= 0.3 is 5.97 Å². The van der Waals surface area contributed by atoms with Crippen LogP contribution in [0.1, 0.15) is 45.3 Å². The molecule has 2 bridgehead atoms. The summed E-state index contributed by atoms with van der Waals surface area (Å²) in [6, 6.07) is 2.04. The molecule has 6 unspecified atom stereocenters. The molecule has 1 aromatic rings. The smallest absolute Gasteiger partial charge is 0.309 e. The van der Waals surface area contributed by atoms with Crippen LogP contribution in [0.2, 0.25) is 0 Å². The van der Waals surface area contributed by atoms with Crippen LogP contribution in [0.25, 0.3) is 0 Å². The van der Waals surface area contributed by atoms with Crippen molar-refractivity contribution in [2.45, 2.75) is 39.7 Å². The minimum absolute atomic E-state index is 0.0324. The molecule has 0 radical (unpaired) electrons. The van der Waals surface area contributed by atoms with E-state index < -0.39 is 0 Å². The van der Waals surface area contributed by atoms with E-state index in [4.69, 9.17) is 4.74 Å². The van der Waals surface area contributed by atoms with Crippen LogP contribution in [0.15, 0.2) is 16.8 Å². The summed E-state index contributed by atoms with van der Waals surface area (Å²) < 4.78 is 5.68. The van der Waals surface area contributed by atoms with Crippen molar-refractivity contribution >= 4 is 17.3 Å². The highest BCUT2D eigenvalue weighted by atomic mass is 32.1. The zero-order chi connectivity index (χ0) is 13.6. The van der Waals surface area contributed by atoms with Crippen molar-refractivity contribution in [3.63, 3.8) is 0 Å². The molecule has 0 N–H and O–H groups in total. The zero-order valence-electron chi connectivity index (χ0n) is 11.8. The van der Waals surface area contributed by atoms with E-state index in [0.29, 0.717) is 11.8 Å². The molecule has 2 saturated carbocycles. The van der Waals surface area contributed by atoms with Crippen molar-refractivity contribution < 1.29 is 9.53 Å². The number of carbonyl (C=O) groups excluding carboxylic acids is 1. The molecule has 104 valence electrons. The Morgan fingerprint density at radius 3 is 2.74 bits per heavy atom. The first kappa shape index (κ1) is 13.2. The van der Waals surface area contributed by atoms with Crippen LogP contribution in [0, 0.1) is 29.6 Å².